The summed E-state index contributed by atoms with van der Waals surface area (Å²) in [5, 5.41) is 10.4. The van der Waals surface area contributed by atoms with E-state index in [4.69, 9.17) is 14.7 Å². The Bertz CT molecular complexity index is 978. The van der Waals surface area contributed by atoms with Gasteiger partial charge in [-0.3, -0.25) is 10.00 Å². The monoisotopic (exact) mass is 416 g/mol. The Morgan fingerprint density at radius 2 is 2.00 bits per heavy atom. The van der Waals surface area contributed by atoms with E-state index in [1.54, 1.807) is 11.8 Å². The SMILES string of the molecule is CCc1nc(Sc2nc(CN3CCOCC3)nc3sc4c(c23)CCCC4)n[nH]1. The van der Waals surface area contributed by atoms with Gasteiger partial charge in [0.2, 0.25) is 5.16 Å². The van der Waals surface area contributed by atoms with E-state index in [9.17, 15) is 0 Å². The first kappa shape index (κ1) is 18.5. The average Bonchev–Trinajstić information content (AvgIpc) is 3.32. The first-order valence-electron chi connectivity index (χ1n) is 10.0. The number of thiophene rings is 1. The smallest absolute Gasteiger partial charge is 0.214 e. The van der Waals surface area contributed by atoms with Crippen molar-refractivity contribution >= 4 is 33.3 Å². The lowest BCUT2D eigenvalue weighted by molar-refractivity contribution is 0.0330. The number of hydrogen-bond donors (Lipinski definition) is 1. The predicted molar refractivity (Wildman–Crippen MR) is 110 cm³/mol. The Morgan fingerprint density at radius 3 is 2.82 bits per heavy atom. The van der Waals surface area contributed by atoms with Crippen LogP contribution in [0.5, 0.6) is 0 Å². The van der Waals surface area contributed by atoms with Gasteiger partial charge in [0, 0.05) is 29.8 Å². The molecule has 5 rings (SSSR count). The van der Waals surface area contributed by atoms with Gasteiger partial charge < -0.3 is 4.74 Å². The molecule has 4 heterocycles. The number of nitrogens with one attached hydrogen (secondary N) is 1. The van der Waals surface area contributed by atoms with Gasteiger partial charge in [0.15, 0.2) is 0 Å². The molecular weight excluding hydrogens is 392 g/mol. The molecule has 0 bridgehead atoms. The molecule has 148 valence electrons. The van der Waals surface area contributed by atoms with Crippen LogP contribution in [0.15, 0.2) is 10.2 Å². The molecule has 1 fully saturated rings. The van der Waals surface area contributed by atoms with Crippen molar-refractivity contribution in [3.8, 4) is 0 Å². The summed E-state index contributed by atoms with van der Waals surface area (Å²) in [6.45, 7) is 6.29. The second kappa shape index (κ2) is 8.06. The summed E-state index contributed by atoms with van der Waals surface area (Å²) in [6.07, 6.45) is 5.67. The molecule has 0 saturated carbocycles. The maximum absolute atomic E-state index is 5.47. The highest BCUT2D eigenvalue weighted by Crippen LogP contribution is 2.41. The first-order chi connectivity index (χ1) is 13.8. The molecule has 7 nitrogen and oxygen atoms in total. The fourth-order valence-electron chi connectivity index (χ4n) is 3.84. The number of aromatic nitrogens is 5. The van der Waals surface area contributed by atoms with Crippen molar-refractivity contribution in [1.29, 1.82) is 0 Å². The summed E-state index contributed by atoms with van der Waals surface area (Å²) in [4.78, 5) is 19.5. The van der Waals surface area contributed by atoms with E-state index in [1.807, 2.05) is 11.3 Å². The van der Waals surface area contributed by atoms with E-state index in [2.05, 4.69) is 27.0 Å². The second-order valence-electron chi connectivity index (χ2n) is 7.24. The molecule has 28 heavy (non-hydrogen) atoms. The zero-order valence-corrected chi connectivity index (χ0v) is 17.7. The van der Waals surface area contributed by atoms with Crippen molar-refractivity contribution < 1.29 is 4.74 Å². The van der Waals surface area contributed by atoms with Crippen LogP contribution in [0.3, 0.4) is 0 Å². The zero-order chi connectivity index (χ0) is 18.9. The third-order valence-corrected chi connectivity index (χ3v) is 7.37. The number of aryl methyl sites for hydroxylation is 3. The van der Waals surface area contributed by atoms with Crippen molar-refractivity contribution in [3.63, 3.8) is 0 Å². The molecule has 0 aromatic carbocycles. The molecular formula is C19H24N6OS2. The van der Waals surface area contributed by atoms with Gasteiger partial charge in [-0.2, -0.15) is 0 Å². The van der Waals surface area contributed by atoms with Crippen molar-refractivity contribution in [2.45, 2.75) is 55.8 Å². The van der Waals surface area contributed by atoms with E-state index in [0.717, 1.165) is 72.4 Å². The van der Waals surface area contributed by atoms with Crippen LogP contribution >= 0.6 is 23.1 Å². The number of hydrogen-bond acceptors (Lipinski definition) is 8. The van der Waals surface area contributed by atoms with Crippen LogP contribution in [0.4, 0.5) is 0 Å². The first-order valence-corrected chi connectivity index (χ1v) is 11.6. The van der Waals surface area contributed by atoms with E-state index < -0.39 is 0 Å². The average molecular weight is 417 g/mol. The van der Waals surface area contributed by atoms with E-state index in [-0.39, 0.29) is 0 Å². The number of morpholine rings is 1. The minimum absolute atomic E-state index is 0.741. The number of ether oxygens (including phenoxy) is 1. The molecule has 0 amide bonds. The molecule has 0 atom stereocenters. The minimum Gasteiger partial charge on any atom is -0.379 e. The summed E-state index contributed by atoms with van der Waals surface area (Å²) in [7, 11) is 0. The quantitative estimate of drug-likeness (QED) is 0.640. The van der Waals surface area contributed by atoms with Crippen molar-refractivity contribution in [2.24, 2.45) is 0 Å². The highest BCUT2D eigenvalue weighted by molar-refractivity contribution is 7.99. The van der Waals surface area contributed by atoms with Gasteiger partial charge in [0.1, 0.15) is 21.5 Å². The third-order valence-electron chi connectivity index (χ3n) is 5.33. The molecule has 3 aromatic heterocycles. The van der Waals surface area contributed by atoms with Gasteiger partial charge in [0.25, 0.3) is 0 Å². The second-order valence-corrected chi connectivity index (χ2v) is 9.28. The molecule has 1 saturated heterocycles. The van der Waals surface area contributed by atoms with Gasteiger partial charge >= 0.3 is 0 Å². The number of H-pyrrole nitrogens is 1. The van der Waals surface area contributed by atoms with Gasteiger partial charge in [0.05, 0.1) is 19.8 Å². The minimum atomic E-state index is 0.741. The normalized spacial score (nSPS) is 17.9. The van der Waals surface area contributed by atoms with Crippen LogP contribution in [0.25, 0.3) is 10.2 Å². The van der Waals surface area contributed by atoms with Crippen LogP contribution in [0.2, 0.25) is 0 Å². The maximum atomic E-state index is 5.47. The van der Waals surface area contributed by atoms with Gasteiger partial charge in [-0.15, -0.1) is 16.4 Å². The third kappa shape index (κ3) is 3.68. The highest BCUT2D eigenvalue weighted by Gasteiger charge is 2.23. The molecule has 2 aliphatic rings. The van der Waals surface area contributed by atoms with Gasteiger partial charge in [-0.05, 0) is 43.0 Å². The molecule has 0 radical (unpaired) electrons. The largest absolute Gasteiger partial charge is 0.379 e. The fourth-order valence-corrected chi connectivity index (χ4v) is 6.08. The summed E-state index contributed by atoms with van der Waals surface area (Å²) in [5.41, 5.74) is 1.46. The van der Waals surface area contributed by atoms with E-state index in [1.165, 1.54) is 35.1 Å². The molecule has 1 N–H and O–H groups in total. The summed E-state index contributed by atoms with van der Waals surface area (Å²) in [6, 6.07) is 0. The lowest BCUT2D eigenvalue weighted by Gasteiger charge is -2.25. The summed E-state index contributed by atoms with van der Waals surface area (Å²) < 4.78 is 5.47. The van der Waals surface area contributed by atoms with Crippen LogP contribution in [0.1, 0.15) is 41.9 Å². The molecule has 1 aliphatic heterocycles. The molecule has 9 heteroatoms. The molecule has 1 aliphatic carbocycles. The summed E-state index contributed by atoms with van der Waals surface area (Å²) >= 11 is 3.42. The number of rotatable bonds is 5. The highest BCUT2D eigenvalue weighted by atomic mass is 32.2. The predicted octanol–water partition coefficient (Wildman–Crippen LogP) is 3.23. The Labute approximate surface area is 172 Å². The number of fused-ring (bicyclic) bond motifs is 3. The molecule has 0 unspecified atom stereocenters. The van der Waals surface area contributed by atoms with Crippen LogP contribution < -0.4 is 0 Å². The Hall–Kier alpha value is -1.55. The van der Waals surface area contributed by atoms with Crippen molar-refractivity contribution in [1.82, 2.24) is 30.0 Å². The van der Waals surface area contributed by atoms with Gasteiger partial charge in [-0.25, -0.2) is 15.0 Å². The lowest BCUT2D eigenvalue weighted by Crippen LogP contribution is -2.36. The van der Waals surface area contributed by atoms with E-state index in [0.29, 0.717) is 0 Å². The van der Waals surface area contributed by atoms with Crippen molar-refractivity contribution in [3.05, 3.63) is 22.1 Å². The van der Waals surface area contributed by atoms with E-state index >= 15 is 0 Å². The zero-order valence-electron chi connectivity index (χ0n) is 16.0. The topological polar surface area (TPSA) is 79.8 Å². The Kier molecular flexibility index (Phi) is 5.32. The Balaban J connectivity index is 1.54. The number of aromatic amines is 1. The summed E-state index contributed by atoms with van der Waals surface area (Å²) in [5.74, 6) is 1.80. The standard InChI is InChI=1S/C19H24N6OS2/c1-2-14-22-19(24-23-14)28-18-16-12-5-3-4-6-13(12)27-17(16)20-15(21-18)11-25-7-9-26-10-8-25/h2-11H2,1H3,(H,22,23,24). The fraction of sp³-hybridized carbons (Fsp3) is 0.579. The van der Waals surface area contributed by atoms with Crippen LogP contribution in [-0.2, 0) is 30.5 Å². The maximum Gasteiger partial charge on any atom is 0.214 e. The molecule has 0 spiro atoms. The van der Waals surface area contributed by atoms with Gasteiger partial charge in [-0.1, -0.05) is 6.92 Å². The Morgan fingerprint density at radius 1 is 1.14 bits per heavy atom. The lowest BCUT2D eigenvalue weighted by atomic mass is 9.97. The number of nitrogens with zero attached hydrogens (tertiary/aromatic N) is 5. The molecule has 3 aromatic rings. The van der Waals surface area contributed by atoms with Crippen LogP contribution in [-0.4, -0.2) is 56.4 Å². The van der Waals surface area contributed by atoms with Crippen LogP contribution in [0, 0.1) is 0 Å². The van der Waals surface area contributed by atoms with Crippen molar-refractivity contribution in [2.75, 3.05) is 26.3 Å².